The largest absolute Gasteiger partial charge is 0.462 e. The van der Waals surface area contributed by atoms with Gasteiger partial charge in [0.05, 0.1) is 12.2 Å². The smallest absolute Gasteiger partial charge is 0.350 e. The van der Waals surface area contributed by atoms with E-state index in [1.807, 2.05) is 31.4 Å². The van der Waals surface area contributed by atoms with Gasteiger partial charge in [-0.15, -0.1) is 11.8 Å². The zero-order valence-electron chi connectivity index (χ0n) is 13.5. The van der Waals surface area contributed by atoms with Gasteiger partial charge in [-0.1, -0.05) is 23.5 Å². The van der Waals surface area contributed by atoms with Crippen LogP contribution in [0.15, 0.2) is 34.2 Å². The molecule has 0 aliphatic heterocycles. The highest BCUT2D eigenvalue weighted by atomic mass is 32.2. The second kappa shape index (κ2) is 7.61. The lowest BCUT2D eigenvalue weighted by Gasteiger charge is -2.02. The Hall–Kier alpha value is -1.86. The van der Waals surface area contributed by atoms with Crippen molar-refractivity contribution in [1.82, 2.24) is 4.57 Å². The van der Waals surface area contributed by atoms with Crippen molar-refractivity contribution in [1.29, 1.82) is 0 Å². The number of nitrogens with zero attached hydrogens (tertiary/aromatic N) is 2. The van der Waals surface area contributed by atoms with Crippen molar-refractivity contribution in [2.75, 3.05) is 12.9 Å². The van der Waals surface area contributed by atoms with Gasteiger partial charge in [-0.3, -0.25) is 4.79 Å². The van der Waals surface area contributed by atoms with E-state index in [1.165, 1.54) is 11.8 Å². The van der Waals surface area contributed by atoms with Gasteiger partial charge in [-0.05, 0) is 32.2 Å². The summed E-state index contributed by atoms with van der Waals surface area (Å²) >= 11 is 2.66. The van der Waals surface area contributed by atoms with Crippen molar-refractivity contribution >= 4 is 35.0 Å². The molecular weight excluding hydrogens is 332 g/mol. The zero-order chi connectivity index (χ0) is 17.0. The average molecular weight is 350 g/mol. The summed E-state index contributed by atoms with van der Waals surface area (Å²) in [5.41, 5.74) is 1.29. The molecule has 0 saturated heterocycles. The number of amides is 1. The summed E-state index contributed by atoms with van der Waals surface area (Å²) < 4.78 is 6.76. The zero-order valence-corrected chi connectivity index (χ0v) is 15.1. The second-order valence-electron chi connectivity index (χ2n) is 4.70. The number of hydrogen-bond acceptors (Lipinski definition) is 5. The number of hydrogen-bond donors (Lipinski definition) is 0. The van der Waals surface area contributed by atoms with Gasteiger partial charge in [0.15, 0.2) is 4.80 Å². The van der Waals surface area contributed by atoms with E-state index in [4.69, 9.17) is 4.74 Å². The van der Waals surface area contributed by atoms with Crippen LogP contribution in [-0.4, -0.2) is 29.3 Å². The van der Waals surface area contributed by atoms with Gasteiger partial charge in [-0.2, -0.15) is 4.99 Å². The fraction of sp³-hybridized carbons (Fsp3) is 0.312. The lowest BCUT2D eigenvalue weighted by Crippen LogP contribution is -2.15. The molecular formula is C16H18N2O3S2. The summed E-state index contributed by atoms with van der Waals surface area (Å²) in [4.78, 5) is 30.4. The molecule has 0 bridgehead atoms. The molecule has 0 atom stereocenters. The first-order valence-electron chi connectivity index (χ1n) is 7.05. The molecule has 1 heterocycles. The number of rotatable bonds is 4. The fourth-order valence-electron chi connectivity index (χ4n) is 1.98. The Morgan fingerprint density at radius 1 is 1.35 bits per heavy atom. The molecule has 1 aromatic carbocycles. The van der Waals surface area contributed by atoms with Crippen LogP contribution in [0.4, 0.5) is 0 Å². The first-order chi connectivity index (χ1) is 11.0. The summed E-state index contributed by atoms with van der Waals surface area (Å²) in [5.74, 6) is -0.703. The van der Waals surface area contributed by atoms with Gasteiger partial charge in [0.1, 0.15) is 4.88 Å². The fourth-order valence-corrected chi connectivity index (χ4v) is 3.58. The summed E-state index contributed by atoms with van der Waals surface area (Å²) in [6.07, 6.45) is 1.92. The Bertz CT molecular complexity index is 806. The molecule has 0 fully saturated rings. The molecule has 5 nitrogen and oxygen atoms in total. The molecule has 7 heteroatoms. The SMILES string of the molecule is CCOC(=O)c1sc(=NC(=O)c2ccccc2SC)n(C)c1C. The molecule has 0 N–H and O–H groups in total. The van der Waals surface area contributed by atoms with Crippen LogP contribution in [0.3, 0.4) is 0 Å². The number of esters is 1. The van der Waals surface area contributed by atoms with Crippen LogP contribution in [-0.2, 0) is 11.8 Å². The third-order valence-corrected chi connectivity index (χ3v) is 5.32. The van der Waals surface area contributed by atoms with Crippen LogP contribution < -0.4 is 4.80 Å². The monoisotopic (exact) mass is 350 g/mol. The highest BCUT2D eigenvalue weighted by molar-refractivity contribution is 7.98. The van der Waals surface area contributed by atoms with E-state index in [1.54, 1.807) is 24.6 Å². The topological polar surface area (TPSA) is 60.7 Å². The van der Waals surface area contributed by atoms with E-state index in [2.05, 4.69) is 4.99 Å². The highest BCUT2D eigenvalue weighted by Gasteiger charge is 2.17. The number of thiazole rings is 1. The third-order valence-electron chi connectivity index (χ3n) is 3.31. The van der Waals surface area contributed by atoms with Crippen LogP contribution in [0.5, 0.6) is 0 Å². The van der Waals surface area contributed by atoms with E-state index in [9.17, 15) is 9.59 Å². The van der Waals surface area contributed by atoms with Crippen LogP contribution in [0.2, 0.25) is 0 Å². The third kappa shape index (κ3) is 3.73. The van der Waals surface area contributed by atoms with Gasteiger partial charge in [0, 0.05) is 17.6 Å². The molecule has 122 valence electrons. The van der Waals surface area contributed by atoms with Crippen LogP contribution in [0.25, 0.3) is 0 Å². The molecule has 1 amide bonds. The molecule has 2 aromatic rings. The van der Waals surface area contributed by atoms with E-state index in [0.717, 1.165) is 21.9 Å². The summed E-state index contributed by atoms with van der Waals surface area (Å²) in [6, 6.07) is 7.34. The summed E-state index contributed by atoms with van der Waals surface area (Å²) in [7, 11) is 1.78. The Balaban J connectivity index is 2.45. The lowest BCUT2D eigenvalue weighted by molar-refractivity contribution is 0.0530. The Morgan fingerprint density at radius 3 is 2.70 bits per heavy atom. The van der Waals surface area contributed by atoms with E-state index in [-0.39, 0.29) is 11.9 Å². The van der Waals surface area contributed by atoms with Crippen LogP contribution in [0.1, 0.15) is 32.6 Å². The van der Waals surface area contributed by atoms with E-state index < -0.39 is 0 Å². The molecule has 0 aliphatic rings. The minimum Gasteiger partial charge on any atom is -0.462 e. The number of carbonyl (C=O) groups excluding carboxylic acids is 2. The first-order valence-corrected chi connectivity index (χ1v) is 9.09. The summed E-state index contributed by atoms with van der Waals surface area (Å²) in [5, 5.41) is 0. The van der Waals surface area contributed by atoms with Crippen molar-refractivity contribution in [2.24, 2.45) is 12.0 Å². The number of ether oxygens (including phenoxy) is 1. The maximum absolute atomic E-state index is 12.5. The lowest BCUT2D eigenvalue weighted by atomic mass is 10.2. The quantitative estimate of drug-likeness (QED) is 0.628. The van der Waals surface area contributed by atoms with Crippen molar-refractivity contribution in [3.8, 4) is 0 Å². The molecule has 23 heavy (non-hydrogen) atoms. The molecule has 0 saturated carbocycles. The molecule has 0 aliphatic carbocycles. The maximum Gasteiger partial charge on any atom is 0.350 e. The van der Waals surface area contributed by atoms with Gasteiger partial charge in [0.2, 0.25) is 0 Å². The minimum atomic E-state index is -0.385. The van der Waals surface area contributed by atoms with Crippen LogP contribution in [0, 0.1) is 6.92 Å². The van der Waals surface area contributed by atoms with Crippen molar-refractivity contribution in [2.45, 2.75) is 18.7 Å². The van der Waals surface area contributed by atoms with Crippen molar-refractivity contribution < 1.29 is 14.3 Å². The maximum atomic E-state index is 12.5. The Kier molecular flexibility index (Phi) is 5.79. The number of thioether (sulfide) groups is 1. The predicted molar refractivity (Wildman–Crippen MR) is 92.1 cm³/mol. The van der Waals surface area contributed by atoms with Gasteiger partial charge >= 0.3 is 5.97 Å². The van der Waals surface area contributed by atoms with Crippen LogP contribution >= 0.6 is 23.1 Å². The number of aromatic nitrogens is 1. The number of benzene rings is 1. The molecule has 1 aromatic heterocycles. The van der Waals surface area contributed by atoms with Crippen molar-refractivity contribution in [3.05, 3.63) is 45.2 Å². The van der Waals surface area contributed by atoms with Gasteiger partial charge < -0.3 is 9.30 Å². The second-order valence-corrected chi connectivity index (χ2v) is 6.52. The predicted octanol–water partition coefficient (Wildman–Crippen LogP) is 3.03. The Morgan fingerprint density at radius 2 is 2.04 bits per heavy atom. The van der Waals surface area contributed by atoms with Crippen molar-refractivity contribution in [3.63, 3.8) is 0 Å². The molecule has 0 unspecified atom stereocenters. The number of carbonyl (C=O) groups is 2. The normalized spacial score (nSPS) is 11.6. The highest BCUT2D eigenvalue weighted by Crippen LogP contribution is 2.20. The minimum absolute atomic E-state index is 0.312. The Labute approximate surface area is 143 Å². The molecule has 0 spiro atoms. The standard InChI is InChI=1S/C16H18N2O3S2/c1-5-21-15(20)13-10(2)18(3)16(23-13)17-14(19)11-8-6-7-9-12(11)22-4/h6-9H,5H2,1-4H3. The summed E-state index contributed by atoms with van der Waals surface area (Å²) in [6.45, 7) is 3.88. The first kappa shape index (κ1) is 17.5. The van der Waals surface area contributed by atoms with Gasteiger partial charge in [-0.25, -0.2) is 4.79 Å². The van der Waals surface area contributed by atoms with E-state index in [0.29, 0.717) is 21.8 Å². The van der Waals surface area contributed by atoms with E-state index >= 15 is 0 Å². The van der Waals surface area contributed by atoms with Gasteiger partial charge in [0.25, 0.3) is 5.91 Å². The molecule has 2 rings (SSSR count). The molecule has 0 radical (unpaired) electrons. The average Bonchev–Trinajstić information content (AvgIpc) is 2.83.